The molecule has 4 N–H and O–H groups in total. The number of fused-ring (bicyclic) bond motifs is 6. The number of aromatic nitrogens is 2. The molecule has 3 fully saturated rings. The van der Waals surface area contributed by atoms with E-state index in [0.29, 0.717) is 37.3 Å². The van der Waals surface area contributed by atoms with Crippen LogP contribution in [0.25, 0.3) is 33.3 Å². The summed E-state index contributed by atoms with van der Waals surface area (Å²) in [5.74, 6) is -1.74. The van der Waals surface area contributed by atoms with Gasteiger partial charge in [-0.1, -0.05) is 53.7 Å². The summed E-state index contributed by atoms with van der Waals surface area (Å²) in [4.78, 5) is 77.7. The number of benzene rings is 2. The van der Waals surface area contributed by atoms with Gasteiger partial charge in [-0.15, -0.1) is 0 Å². The van der Waals surface area contributed by atoms with Crippen molar-refractivity contribution in [2.45, 2.75) is 130 Å². The zero-order valence-electron chi connectivity index (χ0n) is 40.5. The minimum atomic E-state index is -1.17. The SMILES string of the molecule is CCn1c(-c2cccnc2C(C)C)c2c3cc(ccc31)-c1cc(O)cc(c1)C[C@H](NC(=O)[C@H](C(C)C)N(C)C(=O)CN(C)C(=O)[C@H]1N[C@@H]1C1CC1)C(=O)N1CCC[C@H](N1)C(=O)OCC(C)(C)C2. The van der Waals surface area contributed by atoms with Gasteiger partial charge in [-0.05, 0) is 115 Å². The molecule has 67 heavy (non-hydrogen) atoms. The molecule has 1 aliphatic carbocycles. The Kier molecular flexibility index (Phi) is 13.6. The van der Waals surface area contributed by atoms with E-state index in [-0.39, 0.29) is 61.7 Å². The number of hydrogen-bond acceptors (Lipinski definition) is 10. The van der Waals surface area contributed by atoms with Gasteiger partial charge >= 0.3 is 5.97 Å². The van der Waals surface area contributed by atoms with Crippen molar-refractivity contribution in [3.05, 3.63) is 71.5 Å². The number of phenols is 1. The average Bonchev–Trinajstić information content (AvgIpc) is 4.24. The van der Waals surface area contributed by atoms with Crippen LogP contribution < -0.4 is 16.1 Å². The lowest BCUT2D eigenvalue weighted by Crippen LogP contribution is -2.62. The van der Waals surface area contributed by atoms with E-state index >= 15 is 0 Å². The van der Waals surface area contributed by atoms with Crippen molar-refractivity contribution in [1.29, 1.82) is 0 Å². The number of hydrazine groups is 1. The minimum Gasteiger partial charge on any atom is -0.508 e. The Morgan fingerprint density at radius 3 is 2.48 bits per heavy atom. The van der Waals surface area contributed by atoms with Crippen molar-refractivity contribution < 1.29 is 33.8 Å². The van der Waals surface area contributed by atoms with Crippen LogP contribution in [0, 0.1) is 17.3 Å². The topological polar surface area (TPSA) is 188 Å². The van der Waals surface area contributed by atoms with E-state index in [1.165, 1.54) is 14.8 Å². The summed E-state index contributed by atoms with van der Waals surface area (Å²) in [7, 11) is 3.15. The van der Waals surface area contributed by atoms with Gasteiger partial charge in [-0.2, -0.15) is 0 Å². The Hall–Kier alpha value is -5.80. The van der Waals surface area contributed by atoms with Crippen molar-refractivity contribution in [2.75, 3.05) is 33.8 Å². The zero-order chi connectivity index (χ0) is 48.1. The molecule has 0 spiro atoms. The number of aromatic hydroxyl groups is 1. The molecule has 5 atom stereocenters. The van der Waals surface area contributed by atoms with E-state index in [9.17, 15) is 29.1 Å². The highest BCUT2D eigenvalue weighted by atomic mass is 16.5. The molecule has 8 rings (SSSR count). The summed E-state index contributed by atoms with van der Waals surface area (Å²) in [6.45, 7) is 15.2. The Balaban J connectivity index is 1.15. The lowest BCUT2D eigenvalue weighted by atomic mass is 9.83. The van der Waals surface area contributed by atoms with E-state index in [0.717, 1.165) is 57.4 Å². The van der Waals surface area contributed by atoms with Gasteiger partial charge in [0.25, 0.3) is 5.91 Å². The summed E-state index contributed by atoms with van der Waals surface area (Å²) in [6, 6.07) is 12.6. The first kappa shape index (κ1) is 47.7. The van der Waals surface area contributed by atoms with Crippen LogP contribution in [0.4, 0.5) is 0 Å². The van der Waals surface area contributed by atoms with E-state index in [4.69, 9.17) is 9.72 Å². The second-order valence-corrected chi connectivity index (χ2v) is 20.7. The fraction of sp³-hybridized carbons (Fsp3) is 0.538. The van der Waals surface area contributed by atoms with Gasteiger partial charge in [0.15, 0.2) is 0 Å². The maximum atomic E-state index is 14.7. The zero-order valence-corrected chi connectivity index (χ0v) is 40.5. The number of ether oxygens (including phenoxy) is 1. The highest BCUT2D eigenvalue weighted by Crippen LogP contribution is 2.43. The van der Waals surface area contributed by atoms with E-state index in [2.05, 4.69) is 73.4 Å². The number of nitrogens with zero attached hydrogens (tertiary/aromatic N) is 5. The molecule has 15 heteroatoms. The fourth-order valence-electron chi connectivity index (χ4n) is 10.3. The Morgan fingerprint density at radius 2 is 1.78 bits per heavy atom. The van der Waals surface area contributed by atoms with Gasteiger partial charge in [0, 0.05) is 67.7 Å². The molecule has 4 aliphatic rings. The van der Waals surface area contributed by atoms with E-state index < -0.39 is 47.2 Å². The number of carbonyl (C=O) groups is 5. The molecular formula is C52H68N8O7. The number of phenolic OH excluding ortho intramolecular Hbond substituents is 1. The normalized spacial score (nSPS) is 22.3. The van der Waals surface area contributed by atoms with Crippen molar-refractivity contribution >= 4 is 40.5 Å². The third kappa shape index (κ3) is 10.1. The Morgan fingerprint density at radius 1 is 1.01 bits per heavy atom. The molecule has 3 aliphatic heterocycles. The second kappa shape index (κ2) is 19.1. The van der Waals surface area contributed by atoms with Crippen LogP contribution in [0.1, 0.15) is 96.9 Å². The Bertz CT molecular complexity index is 2560. The monoisotopic (exact) mass is 917 g/mol. The predicted octanol–water partition coefficient (Wildman–Crippen LogP) is 5.56. The smallest absolute Gasteiger partial charge is 0.324 e. The molecule has 4 aromatic rings. The predicted molar refractivity (Wildman–Crippen MR) is 256 cm³/mol. The van der Waals surface area contributed by atoms with Crippen molar-refractivity contribution in [2.24, 2.45) is 17.3 Å². The first-order chi connectivity index (χ1) is 31.8. The molecule has 0 unspecified atom stereocenters. The van der Waals surface area contributed by atoms with Crippen LogP contribution in [0.15, 0.2) is 54.7 Å². The summed E-state index contributed by atoms with van der Waals surface area (Å²) >= 11 is 0. The first-order valence-electron chi connectivity index (χ1n) is 24.1. The molecular weight excluding hydrogens is 849 g/mol. The van der Waals surface area contributed by atoms with Gasteiger partial charge in [0.2, 0.25) is 17.7 Å². The van der Waals surface area contributed by atoms with Gasteiger partial charge < -0.3 is 29.5 Å². The number of rotatable bonds is 11. The number of carbonyl (C=O) groups excluding carboxylic acids is 5. The average molecular weight is 917 g/mol. The Labute approximate surface area is 394 Å². The van der Waals surface area contributed by atoms with Crippen molar-refractivity contribution in [1.82, 2.24) is 40.4 Å². The molecule has 4 amide bonds. The van der Waals surface area contributed by atoms with Crippen LogP contribution in [0.5, 0.6) is 5.75 Å². The highest BCUT2D eigenvalue weighted by molar-refractivity contribution is 5.96. The van der Waals surface area contributed by atoms with Gasteiger partial charge in [0.1, 0.15) is 29.9 Å². The second-order valence-electron chi connectivity index (χ2n) is 20.7. The van der Waals surface area contributed by atoms with E-state index in [1.54, 1.807) is 26.2 Å². The maximum absolute atomic E-state index is 14.7. The number of nitrogens with one attached hydrogen (secondary N) is 3. The minimum absolute atomic E-state index is 0.00236. The summed E-state index contributed by atoms with van der Waals surface area (Å²) in [5.41, 5.74) is 10.1. The standard InChI is InChI=1S/C52H68N8O7/c1-10-59-41-18-17-33-25-37(41)38(47(59)36-13-11-19-53-43(36)29(2)3)26-52(6,7)28-67-51(66)39-14-12-20-60(56-39)49(64)40(23-31-21-34(33)24-35(61)22-31)54-48(63)46(30(4)5)58(9)42(62)27-57(8)50(65)45-44(55-45)32-15-16-32/h11,13,17-19,21-22,24-25,29-30,32,39-40,44-46,55-56,61H,10,12,14-16,20,23,26-28H2,1-9H3,(H,54,63)/t39-,40-,44+,45-,46-/m0/s1. The van der Waals surface area contributed by atoms with Crippen LogP contribution in [-0.4, -0.2) is 123 Å². The van der Waals surface area contributed by atoms with E-state index in [1.807, 2.05) is 38.2 Å². The number of pyridine rings is 1. The largest absolute Gasteiger partial charge is 0.508 e. The van der Waals surface area contributed by atoms with Gasteiger partial charge in [0.05, 0.1) is 24.5 Å². The number of likely N-dealkylation sites (N-methyl/N-ethyl adjacent to an activating group) is 2. The molecule has 5 heterocycles. The summed E-state index contributed by atoms with van der Waals surface area (Å²) in [6.07, 6.45) is 5.57. The first-order valence-corrected chi connectivity index (χ1v) is 24.1. The number of esters is 1. The van der Waals surface area contributed by atoms with Crippen molar-refractivity contribution in [3.63, 3.8) is 0 Å². The molecule has 2 aromatic carbocycles. The third-order valence-corrected chi connectivity index (χ3v) is 14.0. The molecule has 2 saturated heterocycles. The number of hydrogen-bond donors (Lipinski definition) is 4. The van der Waals surface area contributed by atoms with Crippen LogP contribution in [0.3, 0.4) is 0 Å². The van der Waals surface area contributed by atoms with Gasteiger partial charge in [-0.3, -0.25) is 39.3 Å². The molecule has 1 saturated carbocycles. The van der Waals surface area contributed by atoms with Gasteiger partial charge in [-0.25, -0.2) is 5.43 Å². The maximum Gasteiger partial charge on any atom is 0.324 e. The fourth-order valence-corrected chi connectivity index (χ4v) is 10.3. The lowest BCUT2D eigenvalue weighted by molar-refractivity contribution is -0.155. The molecule has 15 nitrogen and oxygen atoms in total. The quantitative estimate of drug-likeness (QED) is 0.110. The third-order valence-electron chi connectivity index (χ3n) is 14.0. The van der Waals surface area contributed by atoms with Crippen LogP contribution in [0.2, 0.25) is 0 Å². The highest BCUT2D eigenvalue weighted by Gasteiger charge is 2.52. The summed E-state index contributed by atoms with van der Waals surface area (Å²) in [5, 5.41) is 20.0. The number of amides is 4. The van der Waals surface area contributed by atoms with Crippen LogP contribution in [-0.2, 0) is 48.1 Å². The lowest BCUT2D eigenvalue weighted by Gasteiger charge is -2.37. The van der Waals surface area contributed by atoms with Crippen molar-refractivity contribution in [3.8, 4) is 28.1 Å². The number of aryl methyl sites for hydroxylation is 1. The molecule has 358 valence electrons. The molecule has 2 aromatic heterocycles. The number of cyclic esters (lactones) is 1. The molecule has 6 bridgehead atoms. The van der Waals surface area contributed by atoms with Crippen LogP contribution >= 0.6 is 0 Å². The molecule has 0 radical (unpaired) electrons. The summed E-state index contributed by atoms with van der Waals surface area (Å²) < 4.78 is 8.45.